The number of rotatable bonds is 4. The van der Waals surface area contributed by atoms with E-state index in [0.29, 0.717) is 6.42 Å². The summed E-state index contributed by atoms with van der Waals surface area (Å²) < 4.78 is 0. The van der Waals surface area contributed by atoms with Crippen LogP contribution in [0.2, 0.25) is 0 Å². The zero-order chi connectivity index (χ0) is 11.9. The van der Waals surface area contributed by atoms with E-state index in [1.54, 1.807) is 17.6 Å². The Balaban J connectivity index is 1.82. The minimum Gasteiger partial charge on any atom is -0.273 e. The van der Waals surface area contributed by atoms with Crippen LogP contribution in [-0.2, 0) is 11.2 Å². The summed E-state index contributed by atoms with van der Waals surface area (Å²) in [5.41, 5.74) is 4.48. The van der Waals surface area contributed by atoms with Crippen LogP contribution in [0.4, 0.5) is 0 Å². The predicted molar refractivity (Wildman–Crippen MR) is 70.2 cm³/mol. The van der Waals surface area contributed by atoms with E-state index >= 15 is 0 Å². The Bertz CT molecular complexity index is 491. The smallest absolute Gasteiger partial charge is 0.244 e. The summed E-state index contributed by atoms with van der Waals surface area (Å²) in [5, 5.41) is 7.82. The third-order valence-corrected chi connectivity index (χ3v) is 2.86. The average Bonchev–Trinajstić information content (AvgIpc) is 2.83. The quantitative estimate of drug-likeness (QED) is 0.651. The van der Waals surface area contributed by atoms with Crippen molar-refractivity contribution in [2.45, 2.75) is 6.42 Å². The molecule has 0 saturated heterocycles. The van der Waals surface area contributed by atoms with Crippen molar-refractivity contribution in [2.75, 3.05) is 0 Å². The van der Waals surface area contributed by atoms with Crippen molar-refractivity contribution in [1.82, 2.24) is 5.43 Å². The molecule has 0 saturated carbocycles. The van der Waals surface area contributed by atoms with Gasteiger partial charge in [-0.3, -0.25) is 4.79 Å². The van der Waals surface area contributed by atoms with E-state index in [1.165, 1.54) is 0 Å². The average molecular weight is 244 g/mol. The molecule has 0 aliphatic heterocycles. The number of benzene rings is 1. The molecule has 1 amide bonds. The number of hydrogen-bond donors (Lipinski definition) is 1. The maximum atomic E-state index is 11.5. The lowest BCUT2D eigenvalue weighted by Crippen LogP contribution is -2.19. The third-order valence-electron chi connectivity index (χ3n) is 2.15. The number of hydrazone groups is 1. The van der Waals surface area contributed by atoms with Gasteiger partial charge in [-0.15, -0.1) is 0 Å². The number of carbonyl (C=O) groups excluding carboxylic acids is 1. The molecular formula is C13H12N2OS. The monoisotopic (exact) mass is 244 g/mol. The standard InChI is InChI=1S/C13H12N2OS/c16-13(8-11-4-2-1-3-5-11)15-14-9-12-6-7-17-10-12/h1-7,9-10H,8H2,(H,15,16). The molecule has 1 aromatic carbocycles. The van der Waals surface area contributed by atoms with Crippen LogP contribution in [0.15, 0.2) is 52.3 Å². The fraction of sp³-hybridized carbons (Fsp3) is 0.0769. The zero-order valence-corrected chi connectivity index (χ0v) is 9.98. The van der Waals surface area contributed by atoms with Crippen LogP contribution < -0.4 is 5.43 Å². The van der Waals surface area contributed by atoms with E-state index in [-0.39, 0.29) is 5.91 Å². The minimum absolute atomic E-state index is 0.109. The molecule has 0 atom stereocenters. The molecule has 0 spiro atoms. The van der Waals surface area contributed by atoms with Gasteiger partial charge in [-0.25, -0.2) is 5.43 Å². The highest BCUT2D eigenvalue weighted by Crippen LogP contribution is 2.02. The van der Waals surface area contributed by atoms with Crippen molar-refractivity contribution >= 4 is 23.5 Å². The molecule has 0 aliphatic carbocycles. The second kappa shape index (κ2) is 5.96. The van der Waals surface area contributed by atoms with Gasteiger partial charge in [0.1, 0.15) is 0 Å². The van der Waals surface area contributed by atoms with Crippen molar-refractivity contribution in [2.24, 2.45) is 5.10 Å². The number of nitrogens with zero attached hydrogens (tertiary/aromatic N) is 1. The largest absolute Gasteiger partial charge is 0.273 e. The van der Waals surface area contributed by atoms with Crippen LogP contribution in [0.25, 0.3) is 0 Å². The number of carbonyl (C=O) groups is 1. The van der Waals surface area contributed by atoms with Crippen molar-refractivity contribution in [3.05, 3.63) is 58.3 Å². The Morgan fingerprint density at radius 1 is 1.29 bits per heavy atom. The molecule has 17 heavy (non-hydrogen) atoms. The van der Waals surface area contributed by atoms with Gasteiger partial charge >= 0.3 is 0 Å². The SMILES string of the molecule is O=C(Cc1ccccc1)NN=Cc1ccsc1. The van der Waals surface area contributed by atoms with Gasteiger partial charge in [0.15, 0.2) is 0 Å². The summed E-state index contributed by atoms with van der Waals surface area (Å²) in [6.07, 6.45) is 1.99. The van der Waals surface area contributed by atoms with Crippen LogP contribution in [0.5, 0.6) is 0 Å². The molecule has 0 bridgehead atoms. The summed E-state index contributed by atoms with van der Waals surface area (Å²) in [5.74, 6) is -0.109. The lowest BCUT2D eigenvalue weighted by Gasteiger charge is -1.99. The van der Waals surface area contributed by atoms with E-state index in [1.807, 2.05) is 47.2 Å². The van der Waals surface area contributed by atoms with Crippen LogP contribution in [0.3, 0.4) is 0 Å². The molecule has 0 aliphatic rings. The maximum absolute atomic E-state index is 11.5. The van der Waals surface area contributed by atoms with E-state index in [2.05, 4.69) is 10.5 Å². The van der Waals surface area contributed by atoms with E-state index in [0.717, 1.165) is 11.1 Å². The van der Waals surface area contributed by atoms with Crippen LogP contribution >= 0.6 is 11.3 Å². The van der Waals surface area contributed by atoms with E-state index < -0.39 is 0 Å². The fourth-order valence-corrected chi connectivity index (χ4v) is 1.96. The lowest BCUT2D eigenvalue weighted by atomic mass is 10.1. The topological polar surface area (TPSA) is 41.5 Å². The maximum Gasteiger partial charge on any atom is 0.244 e. The molecule has 2 rings (SSSR count). The molecule has 1 aromatic heterocycles. The van der Waals surface area contributed by atoms with Crippen molar-refractivity contribution < 1.29 is 4.79 Å². The van der Waals surface area contributed by atoms with E-state index in [9.17, 15) is 4.79 Å². The Morgan fingerprint density at radius 3 is 2.82 bits per heavy atom. The number of hydrogen-bond acceptors (Lipinski definition) is 3. The van der Waals surface area contributed by atoms with Crippen molar-refractivity contribution in [3.8, 4) is 0 Å². The van der Waals surface area contributed by atoms with Crippen molar-refractivity contribution in [3.63, 3.8) is 0 Å². The molecule has 1 heterocycles. The molecule has 86 valence electrons. The first-order valence-electron chi connectivity index (χ1n) is 5.22. The van der Waals surface area contributed by atoms with Gasteiger partial charge in [0.2, 0.25) is 5.91 Å². The van der Waals surface area contributed by atoms with Crippen molar-refractivity contribution in [1.29, 1.82) is 0 Å². The van der Waals surface area contributed by atoms with Gasteiger partial charge in [-0.1, -0.05) is 30.3 Å². The fourth-order valence-electron chi connectivity index (χ4n) is 1.35. The number of thiophene rings is 1. The highest BCUT2D eigenvalue weighted by Gasteiger charge is 2.00. The van der Waals surface area contributed by atoms with Gasteiger partial charge in [0, 0.05) is 5.56 Å². The van der Waals surface area contributed by atoms with E-state index in [4.69, 9.17) is 0 Å². The normalized spacial score (nSPS) is 10.6. The first-order valence-corrected chi connectivity index (χ1v) is 6.17. The molecule has 0 fully saturated rings. The highest BCUT2D eigenvalue weighted by atomic mass is 32.1. The molecule has 2 aromatic rings. The van der Waals surface area contributed by atoms with Gasteiger partial charge in [-0.05, 0) is 22.4 Å². The molecule has 0 radical (unpaired) electrons. The van der Waals surface area contributed by atoms with Gasteiger partial charge in [-0.2, -0.15) is 16.4 Å². The Labute approximate surface area is 104 Å². The van der Waals surface area contributed by atoms with Gasteiger partial charge in [0.25, 0.3) is 0 Å². The van der Waals surface area contributed by atoms with Crippen LogP contribution in [0.1, 0.15) is 11.1 Å². The van der Waals surface area contributed by atoms with Crippen LogP contribution in [0, 0.1) is 0 Å². The Morgan fingerprint density at radius 2 is 2.12 bits per heavy atom. The molecular weight excluding hydrogens is 232 g/mol. The summed E-state index contributed by atoms with van der Waals surface area (Å²) in [7, 11) is 0. The molecule has 0 unspecified atom stereocenters. The summed E-state index contributed by atoms with van der Waals surface area (Å²) in [6, 6.07) is 11.5. The lowest BCUT2D eigenvalue weighted by molar-refractivity contribution is -0.120. The Hall–Kier alpha value is -1.94. The zero-order valence-electron chi connectivity index (χ0n) is 9.17. The number of nitrogens with one attached hydrogen (secondary N) is 1. The second-order valence-electron chi connectivity index (χ2n) is 3.51. The third kappa shape index (κ3) is 3.85. The summed E-state index contributed by atoms with van der Waals surface area (Å²) >= 11 is 1.60. The Kier molecular flexibility index (Phi) is 4.05. The first kappa shape index (κ1) is 11.5. The first-order chi connectivity index (χ1) is 8.34. The minimum atomic E-state index is -0.109. The molecule has 1 N–H and O–H groups in total. The summed E-state index contributed by atoms with van der Waals surface area (Å²) in [6.45, 7) is 0. The predicted octanol–water partition coefficient (Wildman–Crippen LogP) is 2.44. The highest BCUT2D eigenvalue weighted by molar-refractivity contribution is 7.08. The summed E-state index contributed by atoms with van der Waals surface area (Å²) in [4.78, 5) is 11.5. The molecule has 4 heteroatoms. The molecule has 3 nitrogen and oxygen atoms in total. The van der Waals surface area contributed by atoms with Gasteiger partial charge < -0.3 is 0 Å². The van der Waals surface area contributed by atoms with Crippen LogP contribution in [-0.4, -0.2) is 12.1 Å². The van der Waals surface area contributed by atoms with Gasteiger partial charge in [0.05, 0.1) is 12.6 Å². The number of amides is 1. The second-order valence-corrected chi connectivity index (χ2v) is 4.29.